The Morgan fingerprint density at radius 3 is 2.53 bits per heavy atom. The Morgan fingerprint density at radius 1 is 1.22 bits per heavy atom. The van der Waals surface area contributed by atoms with Gasteiger partial charge in [-0.05, 0) is 67.4 Å². The van der Waals surface area contributed by atoms with E-state index in [4.69, 9.17) is 24.6 Å². The van der Waals surface area contributed by atoms with Gasteiger partial charge in [0.25, 0.3) is 7.48 Å². The molecule has 2 bridgehead atoms. The average Bonchev–Trinajstić information content (AvgIpc) is 2.70. The molecule has 1 heterocycles. The molecule has 1 aliphatic heterocycles. The van der Waals surface area contributed by atoms with Gasteiger partial charge >= 0.3 is 5.97 Å². The first-order chi connectivity index (χ1) is 14.9. The van der Waals surface area contributed by atoms with Crippen molar-refractivity contribution < 1.29 is 28.8 Å². The zero-order valence-corrected chi connectivity index (χ0v) is 19.9. The van der Waals surface area contributed by atoms with Gasteiger partial charge in [-0.1, -0.05) is 19.9 Å². The van der Waals surface area contributed by atoms with Crippen molar-refractivity contribution in [3.63, 3.8) is 0 Å². The van der Waals surface area contributed by atoms with Crippen molar-refractivity contribution >= 4 is 13.5 Å². The molecule has 3 fully saturated rings. The maximum atomic E-state index is 12.6. The number of esters is 1. The summed E-state index contributed by atoms with van der Waals surface area (Å²) in [6.45, 7) is 10.1. The highest BCUT2D eigenvalue weighted by atomic mass is 16.7. The number of hydrogen-bond donors (Lipinski definition) is 2. The van der Waals surface area contributed by atoms with Gasteiger partial charge in [0.2, 0.25) is 5.79 Å². The summed E-state index contributed by atoms with van der Waals surface area (Å²) in [5, 5.41) is 11.2. The SMILES string of the molecule is COc1ccc(C(CN)C[B]OC2CC3CC(C3(C)C)C2(C)O)c2c1C(=O)OC(C)(C)O2. The van der Waals surface area contributed by atoms with Crippen molar-refractivity contribution in [2.75, 3.05) is 13.7 Å². The van der Waals surface area contributed by atoms with E-state index in [1.54, 1.807) is 27.4 Å². The van der Waals surface area contributed by atoms with Crippen LogP contribution in [0.3, 0.4) is 0 Å². The molecule has 5 unspecified atom stereocenters. The Balaban J connectivity index is 1.50. The van der Waals surface area contributed by atoms with Gasteiger partial charge in [-0.15, -0.1) is 0 Å². The van der Waals surface area contributed by atoms with Crippen molar-refractivity contribution in [2.24, 2.45) is 23.0 Å². The molecule has 3 aliphatic carbocycles. The summed E-state index contributed by atoms with van der Waals surface area (Å²) in [4.78, 5) is 12.6. The number of methoxy groups -OCH3 is 1. The summed E-state index contributed by atoms with van der Waals surface area (Å²) in [7, 11) is 3.27. The molecular formula is C24H35BNO6. The van der Waals surface area contributed by atoms with Crippen LogP contribution < -0.4 is 15.2 Å². The number of fused-ring (bicyclic) bond motifs is 3. The molecule has 0 aromatic heterocycles. The number of carbonyl (C=O) groups excluding carboxylic acids is 1. The van der Waals surface area contributed by atoms with Gasteiger partial charge in [-0.25, -0.2) is 4.79 Å². The quantitative estimate of drug-likeness (QED) is 0.492. The van der Waals surface area contributed by atoms with E-state index in [2.05, 4.69) is 13.8 Å². The fraction of sp³-hybridized carbons (Fsp3) is 0.708. The lowest BCUT2D eigenvalue weighted by Gasteiger charge is -2.65. The number of cyclic esters (lactones) is 1. The predicted octanol–water partition coefficient (Wildman–Crippen LogP) is 3.26. The molecule has 5 atom stereocenters. The number of nitrogens with two attached hydrogens (primary N) is 1. The van der Waals surface area contributed by atoms with Crippen LogP contribution in [0.25, 0.3) is 0 Å². The molecule has 0 amide bonds. The van der Waals surface area contributed by atoms with E-state index >= 15 is 0 Å². The van der Waals surface area contributed by atoms with E-state index in [-0.39, 0.29) is 28.9 Å². The van der Waals surface area contributed by atoms with Crippen molar-refractivity contribution in [2.45, 2.75) is 77.2 Å². The molecule has 0 spiro atoms. The Labute approximate surface area is 191 Å². The average molecular weight is 444 g/mol. The van der Waals surface area contributed by atoms with E-state index < -0.39 is 17.4 Å². The van der Waals surface area contributed by atoms with Crippen LogP contribution in [-0.2, 0) is 9.39 Å². The zero-order chi connectivity index (χ0) is 23.5. The van der Waals surface area contributed by atoms with Gasteiger partial charge in [0.05, 0.1) is 18.8 Å². The van der Waals surface area contributed by atoms with Crippen LogP contribution in [0.4, 0.5) is 0 Å². The summed E-state index contributed by atoms with van der Waals surface area (Å²) in [6.07, 6.45) is 2.21. The van der Waals surface area contributed by atoms with E-state index in [0.717, 1.165) is 18.4 Å². The van der Waals surface area contributed by atoms with Crippen molar-refractivity contribution in [1.82, 2.24) is 0 Å². The van der Waals surface area contributed by atoms with Gasteiger partial charge in [-0.3, -0.25) is 0 Å². The third-order valence-corrected chi connectivity index (χ3v) is 7.95. The largest absolute Gasteiger partial charge is 0.496 e. The minimum atomic E-state index is -1.08. The molecule has 175 valence electrons. The molecular weight excluding hydrogens is 409 g/mol. The lowest BCUT2D eigenvalue weighted by Crippen LogP contribution is -2.67. The van der Waals surface area contributed by atoms with Crippen molar-refractivity contribution in [3.8, 4) is 11.5 Å². The van der Waals surface area contributed by atoms with Crippen molar-refractivity contribution in [3.05, 3.63) is 23.3 Å². The van der Waals surface area contributed by atoms with Crippen LogP contribution in [0.5, 0.6) is 11.5 Å². The van der Waals surface area contributed by atoms with Gasteiger partial charge < -0.3 is 29.7 Å². The second kappa shape index (κ2) is 7.92. The molecule has 3 N–H and O–H groups in total. The van der Waals surface area contributed by atoms with Crippen LogP contribution in [0.2, 0.25) is 6.32 Å². The second-order valence-electron chi connectivity index (χ2n) is 10.7. The number of rotatable bonds is 7. The van der Waals surface area contributed by atoms with Crippen LogP contribution in [-0.4, -0.2) is 49.7 Å². The zero-order valence-electron chi connectivity index (χ0n) is 19.9. The van der Waals surface area contributed by atoms with Gasteiger partial charge in [0.1, 0.15) is 17.1 Å². The summed E-state index contributed by atoms with van der Waals surface area (Å²) in [5.74, 6) is -0.0251. The first-order valence-corrected chi connectivity index (χ1v) is 11.4. The predicted molar refractivity (Wildman–Crippen MR) is 121 cm³/mol. The Bertz CT molecular complexity index is 899. The minimum Gasteiger partial charge on any atom is -0.496 e. The third kappa shape index (κ3) is 3.70. The molecule has 4 aliphatic rings. The molecule has 1 aromatic rings. The normalized spacial score (nSPS) is 32.6. The van der Waals surface area contributed by atoms with Crippen LogP contribution in [0.1, 0.15) is 69.3 Å². The molecule has 0 saturated heterocycles. The number of hydrogen-bond acceptors (Lipinski definition) is 7. The highest BCUT2D eigenvalue weighted by molar-refractivity contribution is 6.27. The molecule has 1 radical (unpaired) electrons. The van der Waals surface area contributed by atoms with Crippen molar-refractivity contribution in [1.29, 1.82) is 0 Å². The first kappa shape index (κ1) is 23.4. The topological polar surface area (TPSA) is 100 Å². The lowest BCUT2D eigenvalue weighted by atomic mass is 9.43. The molecule has 32 heavy (non-hydrogen) atoms. The summed E-state index contributed by atoms with van der Waals surface area (Å²) in [6, 6.07) is 3.62. The minimum absolute atomic E-state index is 0.129. The maximum Gasteiger partial charge on any atom is 0.349 e. The summed E-state index contributed by atoms with van der Waals surface area (Å²) < 4.78 is 22.9. The molecule has 1 aromatic carbocycles. The Kier molecular flexibility index (Phi) is 5.79. The van der Waals surface area contributed by atoms with E-state index in [9.17, 15) is 9.90 Å². The van der Waals surface area contributed by atoms with Crippen LogP contribution in [0, 0.1) is 17.3 Å². The van der Waals surface area contributed by atoms with E-state index in [1.807, 2.05) is 13.0 Å². The smallest absolute Gasteiger partial charge is 0.349 e. The fourth-order valence-corrected chi connectivity index (χ4v) is 5.88. The Hall–Kier alpha value is -1.77. The van der Waals surface area contributed by atoms with Gasteiger partial charge in [0, 0.05) is 13.8 Å². The first-order valence-electron chi connectivity index (χ1n) is 11.4. The molecule has 3 saturated carbocycles. The standard InChI is InChI=1S/C24H35BNO6/c1-22(2)14-9-17(22)24(5,28)18(10-14)32-25-11-13(12-26)15-7-8-16(29-6)19-20(15)30-23(3,4)31-21(19)27/h7-8,13-14,17-18,28H,9-12,26H2,1-6H3. The summed E-state index contributed by atoms with van der Waals surface area (Å²) in [5.41, 5.74) is 6.51. The lowest BCUT2D eigenvalue weighted by molar-refractivity contribution is -0.238. The number of carbonyl (C=O) groups is 1. The molecule has 8 heteroatoms. The highest BCUT2D eigenvalue weighted by Gasteiger charge is 2.63. The highest BCUT2D eigenvalue weighted by Crippen LogP contribution is 2.63. The van der Waals surface area contributed by atoms with Gasteiger partial charge in [-0.2, -0.15) is 0 Å². The molecule has 7 nitrogen and oxygen atoms in total. The van der Waals surface area contributed by atoms with E-state index in [0.29, 0.717) is 30.3 Å². The fourth-order valence-electron chi connectivity index (χ4n) is 5.88. The van der Waals surface area contributed by atoms with Crippen LogP contribution >= 0.6 is 0 Å². The monoisotopic (exact) mass is 444 g/mol. The van der Waals surface area contributed by atoms with Crippen LogP contribution in [0.15, 0.2) is 12.1 Å². The Morgan fingerprint density at radius 2 is 1.94 bits per heavy atom. The van der Waals surface area contributed by atoms with Gasteiger partial charge in [0.15, 0.2) is 0 Å². The second-order valence-corrected chi connectivity index (χ2v) is 10.7. The number of ether oxygens (including phenoxy) is 3. The summed E-state index contributed by atoms with van der Waals surface area (Å²) >= 11 is 0. The maximum absolute atomic E-state index is 12.6. The molecule has 5 rings (SSSR count). The van der Waals surface area contributed by atoms with E-state index in [1.165, 1.54) is 7.11 Å². The third-order valence-electron chi connectivity index (χ3n) is 7.95. The number of aliphatic hydroxyl groups is 1. The number of benzene rings is 1.